The van der Waals surface area contributed by atoms with Crippen LogP contribution in [0.3, 0.4) is 0 Å². The van der Waals surface area contributed by atoms with Crippen LogP contribution in [0.25, 0.3) is 27.4 Å². The number of carbonyl (C=O) groups excluding carboxylic acids is 1. The molecule has 0 aliphatic rings. The number of hydrogen-bond acceptors (Lipinski definition) is 4. The van der Waals surface area contributed by atoms with Crippen molar-refractivity contribution in [3.63, 3.8) is 0 Å². The van der Waals surface area contributed by atoms with Gasteiger partial charge in [0, 0.05) is 19.2 Å². The lowest BCUT2D eigenvalue weighted by atomic mass is 10.1. The number of rotatable bonds is 7. The molecular weight excluding hydrogens is 474 g/mol. The van der Waals surface area contributed by atoms with Gasteiger partial charge in [-0.2, -0.15) is 0 Å². The third kappa shape index (κ3) is 4.71. The molecule has 4 aromatic carbocycles. The van der Waals surface area contributed by atoms with E-state index in [1.165, 1.54) is 0 Å². The first-order chi connectivity index (χ1) is 18.4. The summed E-state index contributed by atoms with van der Waals surface area (Å²) in [5.74, 6) is 0.358. The number of hydrogen-bond donors (Lipinski definition) is 0. The molecule has 0 bridgehead atoms. The van der Waals surface area contributed by atoms with E-state index in [4.69, 9.17) is 9.72 Å². The van der Waals surface area contributed by atoms with Gasteiger partial charge >= 0.3 is 0 Å². The molecule has 6 heteroatoms. The number of fused-ring (bicyclic) bond motifs is 2. The molecule has 0 aliphatic carbocycles. The summed E-state index contributed by atoms with van der Waals surface area (Å²) < 4.78 is 7.02. The molecule has 0 N–H and O–H groups in total. The molecule has 1 heterocycles. The Kier molecular flexibility index (Phi) is 7.07. The second kappa shape index (κ2) is 10.6. The van der Waals surface area contributed by atoms with Gasteiger partial charge in [-0.05, 0) is 79.1 Å². The lowest BCUT2D eigenvalue weighted by Gasteiger charge is -2.30. The summed E-state index contributed by atoms with van der Waals surface area (Å²) >= 11 is 0. The summed E-state index contributed by atoms with van der Waals surface area (Å²) in [5, 5.41) is 2.60. The maximum atomic E-state index is 14.0. The van der Waals surface area contributed by atoms with Gasteiger partial charge in [0.15, 0.2) is 0 Å². The van der Waals surface area contributed by atoms with E-state index in [1.807, 2.05) is 99.6 Å². The largest absolute Gasteiger partial charge is 0.383 e. The highest BCUT2D eigenvalue weighted by Crippen LogP contribution is 2.26. The fraction of sp³-hybridized carbons (Fsp3) is 0.219. The number of amides is 1. The lowest BCUT2D eigenvalue weighted by Crippen LogP contribution is -2.39. The minimum atomic E-state index is -0.511. The van der Waals surface area contributed by atoms with E-state index in [0.717, 1.165) is 27.6 Å². The van der Waals surface area contributed by atoms with Gasteiger partial charge in [0.25, 0.3) is 11.5 Å². The molecule has 1 aromatic heterocycles. The first-order valence-corrected chi connectivity index (χ1v) is 12.8. The van der Waals surface area contributed by atoms with Crippen LogP contribution in [0.15, 0.2) is 89.7 Å². The molecule has 1 unspecified atom stereocenters. The summed E-state index contributed by atoms with van der Waals surface area (Å²) in [6.07, 6.45) is 0. The highest BCUT2D eigenvalue weighted by Gasteiger charge is 2.28. The summed E-state index contributed by atoms with van der Waals surface area (Å²) in [4.78, 5) is 34.5. The Hall–Kier alpha value is -4.29. The van der Waals surface area contributed by atoms with E-state index < -0.39 is 6.04 Å². The van der Waals surface area contributed by atoms with Crippen LogP contribution < -0.4 is 5.56 Å². The Balaban J connectivity index is 1.67. The topological polar surface area (TPSA) is 64.4 Å². The highest BCUT2D eigenvalue weighted by molar-refractivity contribution is 5.98. The van der Waals surface area contributed by atoms with Crippen LogP contribution in [0.4, 0.5) is 0 Å². The third-order valence-corrected chi connectivity index (χ3v) is 7.19. The van der Waals surface area contributed by atoms with Crippen LogP contribution >= 0.6 is 0 Å². The van der Waals surface area contributed by atoms with E-state index >= 15 is 0 Å². The third-order valence-electron chi connectivity index (χ3n) is 7.19. The molecule has 5 rings (SSSR count). The van der Waals surface area contributed by atoms with Gasteiger partial charge in [-0.25, -0.2) is 4.98 Å². The van der Waals surface area contributed by atoms with E-state index in [-0.39, 0.29) is 11.5 Å². The van der Waals surface area contributed by atoms with Gasteiger partial charge in [0.05, 0.1) is 29.2 Å². The van der Waals surface area contributed by atoms with Crippen molar-refractivity contribution in [2.75, 3.05) is 20.3 Å². The summed E-state index contributed by atoms with van der Waals surface area (Å²) in [5.41, 5.74) is 3.95. The molecule has 0 saturated carbocycles. The van der Waals surface area contributed by atoms with Crippen molar-refractivity contribution >= 4 is 27.6 Å². The van der Waals surface area contributed by atoms with Crippen LogP contribution in [0.2, 0.25) is 0 Å². The molecule has 38 heavy (non-hydrogen) atoms. The number of nitrogens with zero attached hydrogens (tertiary/aromatic N) is 3. The van der Waals surface area contributed by atoms with Crippen molar-refractivity contribution < 1.29 is 9.53 Å². The van der Waals surface area contributed by atoms with Crippen molar-refractivity contribution in [1.29, 1.82) is 0 Å². The minimum Gasteiger partial charge on any atom is -0.383 e. The smallest absolute Gasteiger partial charge is 0.266 e. The van der Waals surface area contributed by atoms with Crippen molar-refractivity contribution in [3.8, 4) is 5.69 Å². The fourth-order valence-electron chi connectivity index (χ4n) is 4.83. The molecule has 1 amide bonds. The molecule has 0 aliphatic heterocycles. The number of benzene rings is 4. The minimum absolute atomic E-state index is 0.144. The Morgan fingerprint density at radius 1 is 0.921 bits per heavy atom. The van der Waals surface area contributed by atoms with E-state index in [1.54, 1.807) is 22.6 Å². The Bertz CT molecular complexity index is 1710. The molecule has 0 radical (unpaired) electrons. The second-order valence-corrected chi connectivity index (χ2v) is 9.63. The van der Waals surface area contributed by atoms with Gasteiger partial charge < -0.3 is 9.64 Å². The number of ether oxygens (including phenoxy) is 1. The first kappa shape index (κ1) is 25.4. The lowest BCUT2D eigenvalue weighted by molar-refractivity contribution is 0.0605. The Morgan fingerprint density at radius 3 is 2.42 bits per heavy atom. The van der Waals surface area contributed by atoms with Crippen molar-refractivity contribution in [3.05, 3.63) is 118 Å². The van der Waals surface area contributed by atoms with Gasteiger partial charge in [0.2, 0.25) is 0 Å². The maximum Gasteiger partial charge on any atom is 0.266 e. The van der Waals surface area contributed by atoms with E-state index in [0.29, 0.717) is 35.4 Å². The molecule has 192 valence electrons. The maximum absolute atomic E-state index is 14.0. The van der Waals surface area contributed by atoms with Crippen molar-refractivity contribution in [2.24, 2.45) is 0 Å². The number of para-hydroxylation sites is 1. The summed E-state index contributed by atoms with van der Waals surface area (Å²) in [6, 6.07) is 26.4. The van der Waals surface area contributed by atoms with Gasteiger partial charge in [-0.15, -0.1) is 0 Å². The van der Waals surface area contributed by atoms with Gasteiger partial charge in [-0.1, -0.05) is 48.5 Å². The zero-order valence-corrected chi connectivity index (χ0v) is 22.1. The summed E-state index contributed by atoms with van der Waals surface area (Å²) in [6.45, 7) is 6.68. The van der Waals surface area contributed by atoms with Gasteiger partial charge in [0.1, 0.15) is 5.82 Å². The first-order valence-electron chi connectivity index (χ1n) is 12.8. The highest BCUT2D eigenvalue weighted by atomic mass is 16.5. The zero-order valence-electron chi connectivity index (χ0n) is 22.1. The molecular formula is C32H31N3O3. The zero-order chi connectivity index (χ0) is 26.8. The number of methoxy groups -OCH3 is 1. The van der Waals surface area contributed by atoms with E-state index in [9.17, 15) is 9.59 Å². The molecule has 5 aromatic rings. The molecule has 0 saturated heterocycles. The van der Waals surface area contributed by atoms with Crippen molar-refractivity contribution in [1.82, 2.24) is 14.5 Å². The predicted molar refractivity (Wildman–Crippen MR) is 152 cm³/mol. The number of carbonyl (C=O) groups is 1. The monoisotopic (exact) mass is 505 g/mol. The van der Waals surface area contributed by atoms with Crippen LogP contribution in [-0.2, 0) is 4.74 Å². The quantitative estimate of drug-likeness (QED) is 0.272. The second-order valence-electron chi connectivity index (χ2n) is 9.63. The van der Waals surface area contributed by atoms with Crippen LogP contribution in [0.5, 0.6) is 0 Å². The standard InChI is InChI=1S/C32H31N3O3/c1-21-13-16-27(19-22(21)2)35-30(33-29-12-8-7-11-28(29)32(35)37)23(3)34(17-18-38-4)31(36)26-15-14-24-9-5-6-10-25(24)20-26/h5-16,19-20,23H,17-18H2,1-4H3. The number of aryl methyl sites for hydroxylation is 2. The van der Waals surface area contributed by atoms with Crippen molar-refractivity contribution in [2.45, 2.75) is 26.8 Å². The average Bonchev–Trinajstić information content (AvgIpc) is 2.94. The van der Waals surface area contributed by atoms with Crippen LogP contribution in [0.1, 0.15) is 40.3 Å². The normalized spacial score (nSPS) is 12.1. The molecule has 0 fully saturated rings. The number of aromatic nitrogens is 2. The summed E-state index contributed by atoms with van der Waals surface area (Å²) in [7, 11) is 1.61. The van der Waals surface area contributed by atoms with Crippen LogP contribution in [0, 0.1) is 13.8 Å². The molecule has 6 nitrogen and oxygen atoms in total. The predicted octanol–water partition coefficient (Wildman–Crippen LogP) is 6.01. The SMILES string of the molecule is COCCN(C(=O)c1ccc2ccccc2c1)C(C)c1nc2ccccc2c(=O)n1-c1ccc(C)c(C)c1. The average molecular weight is 506 g/mol. The molecule has 1 atom stereocenters. The Labute approximate surface area is 222 Å². The van der Waals surface area contributed by atoms with Crippen LogP contribution in [-0.4, -0.2) is 40.6 Å². The molecule has 0 spiro atoms. The Morgan fingerprint density at radius 2 is 1.66 bits per heavy atom. The fourth-order valence-corrected chi connectivity index (χ4v) is 4.83. The van der Waals surface area contributed by atoms with Gasteiger partial charge in [-0.3, -0.25) is 14.2 Å². The van der Waals surface area contributed by atoms with E-state index in [2.05, 4.69) is 0 Å².